The molecular formula is C12H18F4O4. The van der Waals surface area contributed by atoms with Gasteiger partial charge in [-0.1, -0.05) is 0 Å². The first-order valence-corrected chi connectivity index (χ1v) is 6.59. The summed E-state index contributed by atoms with van der Waals surface area (Å²) in [5.41, 5.74) is 0. The Hall–Kier alpha value is -0.440. The zero-order valence-corrected chi connectivity index (χ0v) is 11.0. The smallest absolute Gasteiger partial charge is 0.335 e. The Bertz CT molecular complexity index is 304. The lowest BCUT2D eigenvalue weighted by Gasteiger charge is -2.29. The van der Waals surface area contributed by atoms with E-state index in [4.69, 9.17) is 14.2 Å². The summed E-state index contributed by atoms with van der Waals surface area (Å²) in [5.74, 6) is -8.57. The third-order valence-corrected chi connectivity index (χ3v) is 3.11. The van der Waals surface area contributed by atoms with Gasteiger partial charge in [0.1, 0.15) is 19.3 Å². The minimum atomic E-state index is -4.29. The largest absolute Gasteiger partial charge is 0.372 e. The first-order valence-electron chi connectivity index (χ1n) is 6.59. The average Bonchev–Trinajstić information content (AvgIpc) is 3.21. The predicted molar refractivity (Wildman–Crippen MR) is 60.0 cm³/mol. The predicted octanol–water partition coefficient (Wildman–Crippen LogP) is 2.22. The molecule has 0 aliphatic carbocycles. The van der Waals surface area contributed by atoms with Crippen LogP contribution in [0.25, 0.3) is 0 Å². The van der Waals surface area contributed by atoms with Crippen molar-refractivity contribution in [1.29, 1.82) is 0 Å². The number of hydrogen-bond acceptors (Lipinski definition) is 4. The van der Waals surface area contributed by atoms with Crippen molar-refractivity contribution in [3.8, 4) is 0 Å². The minimum absolute atomic E-state index is 0.0989. The summed E-state index contributed by atoms with van der Waals surface area (Å²) in [6, 6.07) is 0. The summed E-state index contributed by atoms with van der Waals surface area (Å²) >= 11 is 0. The van der Waals surface area contributed by atoms with Crippen molar-refractivity contribution in [2.45, 2.75) is 43.5 Å². The molecule has 0 aromatic heterocycles. The maximum Gasteiger partial charge on any atom is 0.335 e. The normalized spacial score (nSPS) is 27.6. The van der Waals surface area contributed by atoms with Gasteiger partial charge in [0.15, 0.2) is 6.29 Å². The lowest BCUT2D eigenvalue weighted by atomic mass is 10.2. The Labute approximate surface area is 114 Å². The van der Waals surface area contributed by atoms with Crippen LogP contribution in [0.3, 0.4) is 0 Å². The van der Waals surface area contributed by atoms with Crippen molar-refractivity contribution in [2.75, 3.05) is 33.0 Å². The molecule has 2 aliphatic heterocycles. The summed E-state index contributed by atoms with van der Waals surface area (Å²) in [6.45, 7) is -2.01. The van der Waals surface area contributed by atoms with Crippen molar-refractivity contribution < 1.29 is 36.5 Å². The second-order valence-corrected chi connectivity index (χ2v) is 4.99. The molecule has 0 saturated carbocycles. The van der Waals surface area contributed by atoms with E-state index in [-0.39, 0.29) is 12.7 Å². The molecule has 0 aromatic carbocycles. The maximum atomic E-state index is 13.5. The Morgan fingerprint density at radius 3 is 2.30 bits per heavy atom. The fraction of sp³-hybridized carbons (Fsp3) is 1.00. The van der Waals surface area contributed by atoms with E-state index in [0.717, 1.165) is 12.8 Å². The second kappa shape index (κ2) is 6.55. The number of alkyl halides is 4. The highest BCUT2D eigenvalue weighted by molar-refractivity contribution is 4.85. The monoisotopic (exact) mass is 302 g/mol. The molecule has 0 bridgehead atoms. The number of halogens is 4. The van der Waals surface area contributed by atoms with Crippen molar-refractivity contribution in [3.63, 3.8) is 0 Å². The maximum absolute atomic E-state index is 13.5. The molecule has 4 nitrogen and oxygen atoms in total. The molecule has 2 rings (SSSR count). The Morgan fingerprint density at radius 1 is 1.00 bits per heavy atom. The lowest BCUT2D eigenvalue weighted by Crippen LogP contribution is -2.48. The summed E-state index contributed by atoms with van der Waals surface area (Å²) in [5, 5.41) is 0. The Kier molecular flexibility index (Phi) is 5.22. The van der Waals surface area contributed by atoms with Gasteiger partial charge in [-0.15, -0.1) is 0 Å². The average molecular weight is 302 g/mol. The third-order valence-electron chi connectivity index (χ3n) is 3.11. The van der Waals surface area contributed by atoms with Crippen molar-refractivity contribution in [1.82, 2.24) is 0 Å². The van der Waals surface area contributed by atoms with Crippen LogP contribution in [0.1, 0.15) is 19.3 Å². The summed E-state index contributed by atoms with van der Waals surface area (Å²) in [7, 11) is 0. The van der Waals surface area contributed by atoms with Crippen molar-refractivity contribution >= 4 is 0 Å². The zero-order chi connectivity index (χ0) is 14.6. The zero-order valence-electron chi connectivity index (χ0n) is 11.0. The van der Waals surface area contributed by atoms with Crippen LogP contribution < -0.4 is 0 Å². The van der Waals surface area contributed by atoms with Gasteiger partial charge in [-0.2, -0.15) is 17.6 Å². The highest BCUT2D eigenvalue weighted by Crippen LogP contribution is 2.35. The van der Waals surface area contributed by atoms with Crippen LogP contribution >= 0.6 is 0 Å². The number of hydrogen-bond donors (Lipinski definition) is 0. The van der Waals surface area contributed by atoms with Gasteiger partial charge < -0.3 is 18.9 Å². The molecule has 2 unspecified atom stereocenters. The SMILES string of the molecule is FC(F)(COCC1CO1)C(F)(F)COC1CCCCO1. The molecule has 0 radical (unpaired) electrons. The summed E-state index contributed by atoms with van der Waals surface area (Å²) in [6.07, 6.45) is 0.968. The van der Waals surface area contributed by atoms with Crippen LogP contribution in [-0.2, 0) is 18.9 Å². The highest BCUT2D eigenvalue weighted by Gasteiger charge is 2.57. The van der Waals surface area contributed by atoms with E-state index >= 15 is 0 Å². The number of epoxide rings is 1. The minimum Gasteiger partial charge on any atom is -0.372 e. The molecule has 2 saturated heterocycles. The summed E-state index contributed by atoms with van der Waals surface area (Å²) in [4.78, 5) is 0. The molecular weight excluding hydrogens is 284 g/mol. The highest BCUT2D eigenvalue weighted by atomic mass is 19.3. The fourth-order valence-corrected chi connectivity index (χ4v) is 1.73. The van der Waals surface area contributed by atoms with Crippen LogP contribution in [0.4, 0.5) is 17.6 Å². The van der Waals surface area contributed by atoms with Crippen molar-refractivity contribution in [2.24, 2.45) is 0 Å². The quantitative estimate of drug-likeness (QED) is 0.509. The Balaban J connectivity index is 1.73. The molecule has 0 aromatic rings. The van der Waals surface area contributed by atoms with Gasteiger partial charge >= 0.3 is 11.8 Å². The topological polar surface area (TPSA) is 40.2 Å². The molecule has 8 heteroatoms. The molecule has 118 valence electrons. The van der Waals surface area contributed by atoms with E-state index in [2.05, 4.69) is 4.74 Å². The third kappa shape index (κ3) is 4.54. The van der Waals surface area contributed by atoms with Crippen LogP contribution in [0, 0.1) is 0 Å². The first-order chi connectivity index (χ1) is 9.41. The van der Waals surface area contributed by atoms with E-state index in [1.165, 1.54) is 0 Å². The molecule has 0 amide bonds. The van der Waals surface area contributed by atoms with Crippen LogP contribution in [-0.4, -0.2) is 57.3 Å². The van der Waals surface area contributed by atoms with Gasteiger partial charge in [0.05, 0.1) is 13.2 Å². The van der Waals surface area contributed by atoms with Crippen molar-refractivity contribution in [3.05, 3.63) is 0 Å². The molecule has 2 atom stereocenters. The molecule has 2 heterocycles. The molecule has 20 heavy (non-hydrogen) atoms. The van der Waals surface area contributed by atoms with E-state index in [1.54, 1.807) is 0 Å². The van der Waals surface area contributed by atoms with E-state index in [9.17, 15) is 17.6 Å². The van der Waals surface area contributed by atoms with Gasteiger partial charge in [0.2, 0.25) is 0 Å². The summed E-state index contributed by atoms with van der Waals surface area (Å²) < 4.78 is 72.8. The van der Waals surface area contributed by atoms with Crippen LogP contribution in [0.2, 0.25) is 0 Å². The van der Waals surface area contributed by atoms with Gasteiger partial charge in [-0.25, -0.2) is 0 Å². The fourth-order valence-electron chi connectivity index (χ4n) is 1.73. The van der Waals surface area contributed by atoms with Gasteiger partial charge in [-0.05, 0) is 19.3 Å². The number of rotatable bonds is 8. The van der Waals surface area contributed by atoms with Gasteiger partial charge in [0.25, 0.3) is 0 Å². The van der Waals surface area contributed by atoms with Crippen LogP contribution in [0.5, 0.6) is 0 Å². The first kappa shape index (κ1) is 15.9. The molecule has 2 fully saturated rings. The van der Waals surface area contributed by atoms with E-state index < -0.39 is 31.3 Å². The lowest BCUT2D eigenvalue weighted by molar-refractivity contribution is -0.276. The molecule has 0 spiro atoms. The van der Waals surface area contributed by atoms with E-state index in [1.807, 2.05) is 0 Å². The Morgan fingerprint density at radius 2 is 1.70 bits per heavy atom. The van der Waals surface area contributed by atoms with Crippen LogP contribution in [0.15, 0.2) is 0 Å². The standard InChI is InChI=1S/C12H18F4O4/c13-11(14,7-17-5-9-6-19-9)12(15,16)8-20-10-3-1-2-4-18-10/h9-10H,1-8H2. The second-order valence-electron chi connectivity index (χ2n) is 4.99. The van der Waals surface area contributed by atoms with Gasteiger partial charge in [0, 0.05) is 6.61 Å². The number of ether oxygens (including phenoxy) is 4. The van der Waals surface area contributed by atoms with E-state index in [0.29, 0.717) is 19.6 Å². The van der Waals surface area contributed by atoms with Gasteiger partial charge in [-0.3, -0.25) is 0 Å². The molecule has 0 N–H and O–H groups in total. The molecule has 2 aliphatic rings.